The number of nitrogens with zero attached hydrogens (tertiary/aromatic N) is 2. The SMILES string of the molecule is Cc1noc2nc(C3CC3)cc(C(=O)N[C@H](C)c3ccc(F)c(F)c3)c12. The third-order valence-corrected chi connectivity index (χ3v) is 4.67. The van der Waals surface area contributed by atoms with Gasteiger partial charge in [0.15, 0.2) is 11.6 Å². The van der Waals surface area contributed by atoms with E-state index in [4.69, 9.17) is 4.52 Å². The zero-order valence-corrected chi connectivity index (χ0v) is 14.3. The maximum absolute atomic E-state index is 13.5. The molecule has 0 bridgehead atoms. The predicted octanol–water partition coefficient (Wildman–Crippen LogP) is 4.18. The van der Waals surface area contributed by atoms with Crippen LogP contribution in [0.4, 0.5) is 8.78 Å². The topological polar surface area (TPSA) is 68.0 Å². The molecule has 1 fully saturated rings. The number of pyridine rings is 1. The van der Waals surface area contributed by atoms with Crippen LogP contribution in [-0.2, 0) is 0 Å². The van der Waals surface area contributed by atoms with Gasteiger partial charge in [0.05, 0.1) is 22.7 Å². The van der Waals surface area contributed by atoms with Crippen LogP contribution in [-0.4, -0.2) is 16.0 Å². The molecule has 1 aliphatic rings. The van der Waals surface area contributed by atoms with E-state index in [0.717, 1.165) is 30.7 Å². The number of carbonyl (C=O) groups excluding carboxylic acids is 1. The van der Waals surface area contributed by atoms with Gasteiger partial charge in [-0.25, -0.2) is 13.8 Å². The minimum Gasteiger partial charge on any atom is -0.345 e. The third-order valence-electron chi connectivity index (χ3n) is 4.67. The molecule has 0 spiro atoms. The first kappa shape index (κ1) is 16.6. The highest BCUT2D eigenvalue weighted by atomic mass is 19.2. The van der Waals surface area contributed by atoms with Gasteiger partial charge in [0, 0.05) is 11.6 Å². The Morgan fingerprint density at radius 3 is 2.73 bits per heavy atom. The summed E-state index contributed by atoms with van der Waals surface area (Å²) in [6, 6.07) is 4.87. The highest BCUT2D eigenvalue weighted by Gasteiger charge is 2.29. The number of benzene rings is 1. The van der Waals surface area contributed by atoms with Crippen molar-refractivity contribution < 1.29 is 18.1 Å². The number of fused-ring (bicyclic) bond motifs is 1. The number of amides is 1. The van der Waals surface area contributed by atoms with Gasteiger partial charge < -0.3 is 9.84 Å². The monoisotopic (exact) mass is 357 g/mol. The summed E-state index contributed by atoms with van der Waals surface area (Å²) in [7, 11) is 0. The van der Waals surface area contributed by atoms with Crippen LogP contribution in [0, 0.1) is 18.6 Å². The maximum atomic E-state index is 13.5. The molecule has 0 saturated heterocycles. The summed E-state index contributed by atoms with van der Waals surface area (Å²) >= 11 is 0. The van der Waals surface area contributed by atoms with Gasteiger partial charge in [0.2, 0.25) is 0 Å². The minimum absolute atomic E-state index is 0.331. The van der Waals surface area contributed by atoms with E-state index < -0.39 is 17.7 Å². The number of nitrogens with one attached hydrogen (secondary N) is 1. The van der Waals surface area contributed by atoms with Crippen LogP contribution >= 0.6 is 0 Å². The van der Waals surface area contributed by atoms with Crippen LogP contribution in [0.2, 0.25) is 0 Å². The molecular weight excluding hydrogens is 340 g/mol. The second-order valence-corrected chi connectivity index (χ2v) is 6.69. The van der Waals surface area contributed by atoms with E-state index in [1.165, 1.54) is 6.07 Å². The molecule has 0 radical (unpaired) electrons. The second-order valence-electron chi connectivity index (χ2n) is 6.69. The smallest absolute Gasteiger partial charge is 0.259 e. The largest absolute Gasteiger partial charge is 0.345 e. The lowest BCUT2D eigenvalue weighted by Gasteiger charge is -2.15. The lowest BCUT2D eigenvalue weighted by atomic mass is 10.0. The van der Waals surface area contributed by atoms with Crippen LogP contribution in [0.15, 0.2) is 28.8 Å². The van der Waals surface area contributed by atoms with Gasteiger partial charge >= 0.3 is 0 Å². The molecular formula is C19H17F2N3O2. The third kappa shape index (κ3) is 2.94. The lowest BCUT2D eigenvalue weighted by molar-refractivity contribution is 0.0941. The standard InChI is InChI=1S/C19H17F2N3O2/c1-9(12-5-6-14(20)15(21)7-12)22-18(25)13-8-16(11-3-4-11)23-19-17(13)10(2)24-26-19/h5-9,11H,3-4H2,1-2H3,(H,22,25)/t9-/m1/s1. The number of halogens is 2. The molecule has 2 heterocycles. The van der Waals surface area contributed by atoms with Crippen molar-refractivity contribution in [3.63, 3.8) is 0 Å². The van der Waals surface area contributed by atoms with Gasteiger partial charge in [-0.05, 0) is 50.5 Å². The number of hydrogen-bond acceptors (Lipinski definition) is 4. The zero-order chi connectivity index (χ0) is 18.4. The van der Waals surface area contributed by atoms with Crippen LogP contribution in [0.3, 0.4) is 0 Å². The van der Waals surface area contributed by atoms with Gasteiger partial charge in [0.1, 0.15) is 0 Å². The molecule has 0 aliphatic heterocycles. The Morgan fingerprint density at radius 1 is 1.27 bits per heavy atom. The van der Waals surface area contributed by atoms with E-state index in [1.807, 2.05) is 0 Å². The fraction of sp³-hybridized carbons (Fsp3) is 0.316. The molecule has 7 heteroatoms. The van der Waals surface area contributed by atoms with E-state index in [2.05, 4.69) is 15.5 Å². The van der Waals surface area contributed by atoms with Crippen molar-refractivity contribution >= 4 is 17.0 Å². The Hall–Kier alpha value is -2.83. The molecule has 134 valence electrons. The van der Waals surface area contributed by atoms with E-state index >= 15 is 0 Å². The van der Waals surface area contributed by atoms with Crippen molar-refractivity contribution in [2.75, 3.05) is 0 Å². The number of aromatic nitrogens is 2. The molecule has 1 N–H and O–H groups in total. The summed E-state index contributed by atoms with van der Waals surface area (Å²) in [4.78, 5) is 17.3. The summed E-state index contributed by atoms with van der Waals surface area (Å²) in [6.45, 7) is 3.46. The second kappa shape index (κ2) is 6.16. The van der Waals surface area contributed by atoms with E-state index in [9.17, 15) is 13.6 Å². The number of carbonyl (C=O) groups is 1. The molecule has 1 saturated carbocycles. The molecule has 26 heavy (non-hydrogen) atoms. The lowest BCUT2D eigenvalue weighted by Crippen LogP contribution is -2.27. The first-order valence-electron chi connectivity index (χ1n) is 8.46. The molecule has 1 amide bonds. The fourth-order valence-electron chi connectivity index (χ4n) is 3.02. The minimum atomic E-state index is -0.944. The summed E-state index contributed by atoms with van der Waals surface area (Å²) in [6.07, 6.45) is 2.08. The molecule has 1 aliphatic carbocycles. The summed E-state index contributed by atoms with van der Waals surface area (Å²) < 4.78 is 31.8. The Morgan fingerprint density at radius 2 is 2.04 bits per heavy atom. The van der Waals surface area contributed by atoms with Crippen LogP contribution in [0.25, 0.3) is 11.1 Å². The van der Waals surface area contributed by atoms with Gasteiger partial charge in [-0.2, -0.15) is 0 Å². The summed E-state index contributed by atoms with van der Waals surface area (Å²) in [5.41, 5.74) is 2.66. The predicted molar refractivity (Wildman–Crippen MR) is 90.8 cm³/mol. The van der Waals surface area contributed by atoms with Crippen LogP contribution in [0.1, 0.15) is 59.0 Å². The number of hydrogen-bond donors (Lipinski definition) is 1. The van der Waals surface area contributed by atoms with Crippen molar-refractivity contribution in [3.8, 4) is 0 Å². The number of rotatable bonds is 4. The normalized spacial score (nSPS) is 15.2. The highest BCUT2D eigenvalue weighted by Crippen LogP contribution is 2.40. The van der Waals surface area contributed by atoms with Crippen molar-refractivity contribution in [2.24, 2.45) is 0 Å². The van der Waals surface area contributed by atoms with Gasteiger partial charge in [-0.15, -0.1) is 0 Å². The molecule has 1 atom stereocenters. The zero-order valence-electron chi connectivity index (χ0n) is 14.3. The van der Waals surface area contributed by atoms with E-state index in [1.54, 1.807) is 19.9 Å². The van der Waals surface area contributed by atoms with Crippen molar-refractivity contribution in [2.45, 2.75) is 38.6 Å². The molecule has 0 unspecified atom stereocenters. The Kier molecular flexibility index (Phi) is 3.94. The average molecular weight is 357 g/mol. The maximum Gasteiger partial charge on any atom is 0.259 e. The Labute approximate surface area is 148 Å². The van der Waals surface area contributed by atoms with Crippen molar-refractivity contribution in [3.05, 3.63) is 58.4 Å². The van der Waals surface area contributed by atoms with Crippen LogP contribution in [0.5, 0.6) is 0 Å². The first-order valence-corrected chi connectivity index (χ1v) is 8.46. The average Bonchev–Trinajstić information content (AvgIpc) is 3.40. The highest BCUT2D eigenvalue weighted by molar-refractivity contribution is 6.06. The first-order chi connectivity index (χ1) is 12.4. The molecule has 1 aromatic carbocycles. The molecule has 4 rings (SSSR count). The quantitative estimate of drug-likeness (QED) is 0.761. The van der Waals surface area contributed by atoms with Crippen molar-refractivity contribution in [1.82, 2.24) is 15.5 Å². The summed E-state index contributed by atoms with van der Waals surface area (Å²) in [5.74, 6) is -1.85. The summed E-state index contributed by atoms with van der Waals surface area (Å²) in [5, 5.41) is 7.31. The van der Waals surface area contributed by atoms with Gasteiger partial charge in [0.25, 0.3) is 11.6 Å². The van der Waals surface area contributed by atoms with Crippen molar-refractivity contribution in [1.29, 1.82) is 0 Å². The van der Waals surface area contributed by atoms with E-state index in [-0.39, 0.29) is 5.91 Å². The van der Waals surface area contributed by atoms with Crippen LogP contribution < -0.4 is 5.32 Å². The fourth-order valence-corrected chi connectivity index (χ4v) is 3.02. The van der Waals surface area contributed by atoms with E-state index in [0.29, 0.717) is 33.8 Å². The number of aryl methyl sites for hydroxylation is 1. The van der Waals surface area contributed by atoms with Gasteiger partial charge in [-0.3, -0.25) is 4.79 Å². The molecule has 3 aromatic rings. The van der Waals surface area contributed by atoms with Gasteiger partial charge in [-0.1, -0.05) is 11.2 Å². The molecule has 5 nitrogen and oxygen atoms in total. The Balaban J connectivity index is 1.67. The molecule has 2 aromatic heterocycles. The Bertz CT molecular complexity index is 1010.